The van der Waals surface area contributed by atoms with E-state index in [1.807, 2.05) is 15.7 Å². The Hall–Kier alpha value is -2.02. The van der Waals surface area contributed by atoms with Gasteiger partial charge >= 0.3 is 0 Å². The van der Waals surface area contributed by atoms with E-state index in [2.05, 4.69) is 27.2 Å². The van der Waals surface area contributed by atoms with E-state index >= 15 is 0 Å². The first-order valence-electron chi connectivity index (χ1n) is 6.81. The van der Waals surface area contributed by atoms with Gasteiger partial charge in [0.15, 0.2) is 5.65 Å². The van der Waals surface area contributed by atoms with Crippen LogP contribution in [0, 0.1) is 0 Å². The van der Waals surface area contributed by atoms with E-state index in [9.17, 15) is 0 Å². The Morgan fingerprint density at radius 1 is 1.40 bits per heavy atom. The highest BCUT2D eigenvalue weighted by Crippen LogP contribution is 2.43. The summed E-state index contributed by atoms with van der Waals surface area (Å²) in [5.74, 6) is 1.32. The highest BCUT2D eigenvalue weighted by Gasteiger charge is 2.26. The van der Waals surface area contributed by atoms with Gasteiger partial charge in [0, 0.05) is 4.88 Å². The van der Waals surface area contributed by atoms with Gasteiger partial charge in [-0.1, -0.05) is 6.92 Å². The third kappa shape index (κ3) is 1.14. The van der Waals surface area contributed by atoms with Crippen LogP contribution in [0.3, 0.4) is 0 Å². The number of fused-ring (bicyclic) bond motifs is 8. The normalized spacial score (nSPS) is 19.1. The van der Waals surface area contributed by atoms with E-state index in [-0.39, 0.29) is 0 Å². The second-order valence-corrected chi connectivity index (χ2v) is 6.49. The third-order valence-corrected chi connectivity index (χ3v) is 5.51. The number of thiophene rings is 1. The average Bonchev–Trinajstić information content (AvgIpc) is 3.15. The molecule has 7 heteroatoms. The first-order chi connectivity index (χ1) is 9.84. The Labute approximate surface area is 118 Å². The molecule has 100 valence electrons. The van der Waals surface area contributed by atoms with Crippen LogP contribution < -0.4 is 0 Å². The van der Waals surface area contributed by atoms with Gasteiger partial charge in [-0.05, 0) is 30.7 Å². The van der Waals surface area contributed by atoms with Gasteiger partial charge in [-0.25, -0.2) is 4.98 Å². The fourth-order valence-electron chi connectivity index (χ4n) is 3.36. The fourth-order valence-corrected chi connectivity index (χ4v) is 4.78. The smallest absolute Gasteiger partial charge is 0.256 e. The average molecular weight is 284 g/mol. The van der Waals surface area contributed by atoms with Crippen LogP contribution in [0.4, 0.5) is 0 Å². The van der Waals surface area contributed by atoms with Crippen molar-refractivity contribution in [3.63, 3.8) is 0 Å². The number of hydrogen-bond donors (Lipinski definition) is 0. The van der Waals surface area contributed by atoms with Crippen molar-refractivity contribution in [2.45, 2.75) is 32.1 Å². The van der Waals surface area contributed by atoms with E-state index in [1.165, 1.54) is 39.9 Å². The maximum absolute atomic E-state index is 4.47. The molecule has 0 spiro atoms. The molecular weight excluding hydrogens is 272 g/mol. The molecule has 0 radical (unpaired) electrons. The van der Waals surface area contributed by atoms with E-state index in [4.69, 9.17) is 0 Å². The predicted octanol–water partition coefficient (Wildman–Crippen LogP) is 2.43. The second-order valence-electron chi connectivity index (χ2n) is 5.41. The van der Waals surface area contributed by atoms with Crippen LogP contribution in [0.25, 0.3) is 21.6 Å². The van der Waals surface area contributed by atoms with E-state index in [1.54, 1.807) is 17.2 Å². The molecule has 1 aliphatic rings. The van der Waals surface area contributed by atoms with Crippen LogP contribution in [-0.4, -0.2) is 29.2 Å². The SMILES string of the molecule is C[C@@H]1CCCc2sc3c(c21)c1ncnn1c1nncn31. The minimum Gasteiger partial charge on any atom is -0.256 e. The highest BCUT2D eigenvalue weighted by atomic mass is 32.1. The van der Waals surface area contributed by atoms with Crippen LogP contribution >= 0.6 is 11.3 Å². The van der Waals surface area contributed by atoms with Crippen molar-refractivity contribution in [1.82, 2.24) is 29.2 Å². The topological polar surface area (TPSA) is 60.4 Å². The van der Waals surface area contributed by atoms with Crippen molar-refractivity contribution in [3.05, 3.63) is 23.1 Å². The summed E-state index contributed by atoms with van der Waals surface area (Å²) < 4.78 is 3.83. The van der Waals surface area contributed by atoms with E-state index in [0.29, 0.717) is 5.92 Å². The number of aryl methyl sites for hydroxylation is 1. The minimum absolute atomic E-state index is 0.585. The molecular formula is C13H12N6S. The van der Waals surface area contributed by atoms with Gasteiger partial charge in [-0.15, -0.1) is 21.5 Å². The van der Waals surface area contributed by atoms with Crippen LogP contribution in [0.5, 0.6) is 0 Å². The Bertz CT molecular complexity index is 962. The van der Waals surface area contributed by atoms with Crippen molar-refractivity contribution < 1.29 is 0 Å². The summed E-state index contributed by atoms with van der Waals surface area (Å²) in [7, 11) is 0. The van der Waals surface area contributed by atoms with Gasteiger partial charge in [-0.2, -0.15) is 9.61 Å². The van der Waals surface area contributed by atoms with Crippen LogP contribution in [0.2, 0.25) is 0 Å². The Morgan fingerprint density at radius 3 is 3.30 bits per heavy atom. The summed E-state index contributed by atoms with van der Waals surface area (Å²) in [4.78, 5) is 7.16. The maximum Gasteiger partial charge on any atom is 0.259 e. The summed E-state index contributed by atoms with van der Waals surface area (Å²) in [6.45, 7) is 2.31. The number of rotatable bonds is 0. The summed E-state index contributed by atoms with van der Waals surface area (Å²) >= 11 is 1.86. The molecule has 0 fully saturated rings. The van der Waals surface area contributed by atoms with Gasteiger partial charge in [0.2, 0.25) is 0 Å². The number of nitrogens with zero attached hydrogens (tertiary/aromatic N) is 6. The lowest BCUT2D eigenvalue weighted by Gasteiger charge is -2.18. The zero-order valence-electron chi connectivity index (χ0n) is 10.9. The first kappa shape index (κ1) is 10.7. The summed E-state index contributed by atoms with van der Waals surface area (Å²) in [5.41, 5.74) is 2.37. The molecule has 4 aromatic rings. The lowest BCUT2D eigenvalue weighted by Crippen LogP contribution is -2.05. The van der Waals surface area contributed by atoms with Crippen molar-refractivity contribution in [2.75, 3.05) is 0 Å². The molecule has 4 aromatic heterocycles. The third-order valence-electron chi connectivity index (χ3n) is 4.25. The number of hydrogen-bond acceptors (Lipinski definition) is 5. The van der Waals surface area contributed by atoms with E-state index in [0.717, 1.165) is 11.4 Å². The summed E-state index contributed by atoms with van der Waals surface area (Å²) in [6.07, 6.45) is 7.06. The summed E-state index contributed by atoms with van der Waals surface area (Å²) in [5, 5.41) is 13.8. The molecule has 0 N–H and O–H groups in total. The van der Waals surface area contributed by atoms with Crippen molar-refractivity contribution in [1.29, 1.82) is 0 Å². The molecule has 0 amide bonds. The molecule has 0 aliphatic heterocycles. The van der Waals surface area contributed by atoms with Gasteiger partial charge < -0.3 is 0 Å². The Balaban J connectivity index is 2.12. The molecule has 0 unspecified atom stereocenters. The first-order valence-corrected chi connectivity index (χ1v) is 7.63. The van der Waals surface area contributed by atoms with Gasteiger partial charge in [0.25, 0.3) is 5.78 Å². The second kappa shape index (κ2) is 3.54. The molecule has 5 rings (SSSR count). The summed E-state index contributed by atoms with van der Waals surface area (Å²) in [6, 6.07) is 0. The zero-order valence-corrected chi connectivity index (χ0v) is 11.8. The number of aromatic nitrogens is 6. The fraction of sp³-hybridized carbons (Fsp3) is 0.385. The maximum atomic E-state index is 4.47. The molecule has 20 heavy (non-hydrogen) atoms. The Kier molecular flexibility index (Phi) is 1.90. The zero-order chi connectivity index (χ0) is 13.3. The van der Waals surface area contributed by atoms with E-state index < -0.39 is 0 Å². The van der Waals surface area contributed by atoms with Crippen molar-refractivity contribution in [3.8, 4) is 0 Å². The molecule has 0 saturated heterocycles. The highest BCUT2D eigenvalue weighted by molar-refractivity contribution is 7.19. The van der Waals surface area contributed by atoms with Gasteiger partial charge in [-0.3, -0.25) is 4.40 Å². The Morgan fingerprint density at radius 2 is 2.35 bits per heavy atom. The minimum atomic E-state index is 0.585. The molecule has 6 nitrogen and oxygen atoms in total. The molecule has 1 atom stereocenters. The molecule has 4 heterocycles. The molecule has 0 aromatic carbocycles. The van der Waals surface area contributed by atoms with Crippen LogP contribution in [0.1, 0.15) is 36.1 Å². The standard InChI is InChI=1S/C13H12N6S/c1-7-3-2-4-8-9(7)10-11-14-5-16-19(11)13-17-15-6-18(13)12(10)20-8/h5-7H,2-4H2,1H3/t7-/m1/s1. The lowest BCUT2D eigenvalue weighted by molar-refractivity contribution is 0.602. The largest absolute Gasteiger partial charge is 0.259 e. The van der Waals surface area contributed by atoms with Crippen LogP contribution in [0.15, 0.2) is 12.7 Å². The van der Waals surface area contributed by atoms with Gasteiger partial charge in [0.05, 0.1) is 5.39 Å². The molecule has 1 aliphatic carbocycles. The molecule has 0 saturated carbocycles. The molecule has 0 bridgehead atoms. The monoisotopic (exact) mass is 284 g/mol. The lowest BCUT2D eigenvalue weighted by atomic mass is 9.87. The van der Waals surface area contributed by atoms with Gasteiger partial charge in [0.1, 0.15) is 17.5 Å². The predicted molar refractivity (Wildman–Crippen MR) is 76.3 cm³/mol. The van der Waals surface area contributed by atoms with Crippen molar-refractivity contribution >= 4 is 33.0 Å². The van der Waals surface area contributed by atoms with Crippen molar-refractivity contribution in [2.24, 2.45) is 0 Å². The quantitative estimate of drug-likeness (QED) is 0.497. The van der Waals surface area contributed by atoms with Crippen LogP contribution in [-0.2, 0) is 6.42 Å².